The van der Waals surface area contributed by atoms with E-state index in [2.05, 4.69) is 10.3 Å². The Morgan fingerprint density at radius 1 is 1.03 bits per heavy atom. The monoisotopic (exact) mass is 448 g/mol. The zero-order chi connectivity index (χ0) is 23.1. The first-order valence-electron chi connectivity index (χ1n) is 9.93. The third-order valence-corrected chi connectivity index (χ3v) is 5.35. The summed E-state index contributed by atoms with van der Waals surface area (Å²) < 4.78 is 0. The van der Waals surface area contributed by atoms with Crippen LogP contribution in [0.3, 0.4) is 0 Å². The van der Waals surface area contributed by atoms with Crippen molar-refractivity contribution in [3.63, 3.8) is 0 Å². The Hall–Kier alpha value is -3.78. The van der Waals surface area contributed by atoms with E-state index < -0.39 is 0 Å². The molecule has 164 valence electrons. The number of rotatable bonds is 7. The lowest BCUT2D eigenvalue weighted by atomic mass is 10.1. The number of anilines is 2. The molecule has 3 amide bonds. The van der Waals surface area contributed by atoms with Crippen LogP contribution in [0.15, 0.2) is 66.1 Å². The quantitative estimate of drug-likeness (QED) is 0.557. The molecule has 0 saturated heterocycles. The number of nitrogens with one attached hydrogen (secondary N) is 1. The zero-order valence-electron chi connectivity index (χ0n) is 18.1. The third-order valence-electron chi connectivity index (χ3n) is 4.51. The normalized spacial score (nSPS) is 10.7. The van der Waals surface area contributed by atoms with Crippen LogP contribution in [-0.2, 0) is 16.1 Å². The molecule has 0 bridgehead atoms. The molecule has 0 saturated carbocycles. The van der Waals surface area contributed by atoms with E-state index in [0.717, 1.165) is 11.3 Å². The molecule has 1 heterocycles. The van der Waals surface area contributed by atoms with Gasteiger partial charge in [-0.2, -0.15) is 0 Å². The molecule has 0 atom stereocenters. The van der Waals surface area contributed by atoms with Crippen molar-refractivity contribution in [3.8, 4) is 0 Å². The molecule has 1 N–H and O–H groups in total. The second kappa shape index (κ2) is 10.5. The Balaban J connectivity index is 1.59. The number of hydrogen-bond donors (Lipinski definition) is 1. The SMILES string of the molecule is CC(=O)N(c1ccccc1)c1nc(/C=C/C(=O)NCc2ccc(C(=O)N(C)C)cc2)cs1. The van der Waals surface area contributed by atoms with E-state index in [1.807, 2.05) is 42.5 Å². The van der Waals surface area contributed by atoms with Crippen molar-refractivity contribution in [2.75, 3.05) is 19.0 Å². The van der Waals surface area contributed by atoms with Crippen molar-refractivity contribution in [1.29, 1.82) is 0 Å². The molecule has 3 rings (SSSR count). The predicted molar refractivity (Wildman–Crippen MR) is 127 cm³/mol. The van der Waals surface area contributed by atoms with E-state index in [-0.39, 0.29) is 17.7 Å². The average Bonchev–Trinajstić information content (AvgIpc) is 3.25. The van der Waals surface area contributed by atoms with Gasteiger partial charge in [0.2, 0.25) is 11.8 Å². The van der Waals surface area contributed by atoms with Crippen LogP contribution in [0.1, 0.15) is 28.5 Å². The van der Waals surface area contributed by atoms with Crippen LogP contribution in [0.5, 0.6) is 0 Å². The number of carbonyl (C=O) groups is 3. The van der Waals surface area contributed by atoms with Crippen LogP contribution in [0.4, 0.5) is 10.8 Å². The van der Waals surface area contributed by atoms with Crippen molar-refractivity contribution in [1.82, 2.24) is 15.2 Å². The fourth-order valence-corrected chi connectivity index (χ4v) is 3.75. The van der Waals surface area contributed by atoms with E-state index in [9.17, 15) is 14.4 Å². The highest BCUT2D eigenvalue weighted by Crippen LogP contribution is 2.28. The van der Waals surface area contributed by atoms with Gasteiger partial charge in [0.25, 0.3) is 5.91 Å². The van der Waals surface area contributed by atoms with Crippen molar-refractivity contribution in [3.05, 3.63) is 82.9 Å². The molecule has 0 fully saturated rings. The van der Waals surface area contributed by atoms with Crippen molar-refractivity contribution < 1.29 is 14.4 Å². The second-order valence-electron chi connectivity index (χ2n) is 7.19. The van der Waals surface area contributed by atoms with Crippen LogP contribution in [-0.4, -0.2) is 41.7 Å². The number of para-hydroxylation sites is 1. The number of nitrogens with zero attached hydrogens (tertiary/aromatic N) is 3. The first-order valence-corrected chi connectivity index (χ1v) is 10.8. The van der Waals surface area contributed by atoms with E-state index in [1.165, 1.54) is 34.1 Å². The molecule has 0 spiro atoms. The minimum atomic E-state index is -0.264. The average molecular weight is 449 g/mol. The van der Waals surface area contributed by atoms with Crippen LogP contribution in [0.2, 0.25) is 0 Å². The molecule has 0 aliphatic rings. The van der Waals surface area contributed by atoms with E-state index in [1.54, 1.807) is 37.7 Å². The number of carbonyl (C=O) groups excluding carboxylic acids is 3. The number of aromatic nitrogens is 1. The highest BCUT2D eigenvalue weighted by molar-refractivity contribution is 7.14. The molecule has 8 heteroatoms. The zero-order valence-corrected chi connectivity index (χ0v) is 18.9. The van der Waals surface area contributed by atoms with Crippen molar-refractivity contribution >= 4 is 46.0 Å². The minimum absolute atomic E-state index is 0.0678. The maximum Gasteiger partial charge on any atom is 0.253 e. The maximum absolute atomic E-state index is 12.2. The molecular formula is C24H24N4O3S. The smallest absolute Gasteiger partial charge is 0.253 e. The highest BCUT2D eigenvalue weighted by Gasteiger charge is 2.17. The van der Waals surface area contributed by atoms with Gasteiger partial charge in [-0.15, -0.1) is 11.3 Å². The summed E-state index contributed by atoms with van der Waals surface area (Å²) in [5, 5.41) is 5.13. The Labute approximate surface area is 191 Å². The van der Waals surface area contributed by atoms with E-state index in [4.69, 9.17) is 0 Å². The number of hydrogen-bond acceptors (Lipinski definition) is 5. The van der Waals surface area contributed by atoms with Crippen molar-refractivity contribution in [2.45, 2.75) is 13.5 Å². The fourth-order valence-electron chi connectivity index (χ4n) is 2.89. The summed E-state index contributed by atoms with van der Waals surface area (Å²) in [5.41, 5.74) is 2.81. The van der Waals surface area contributed by atoms with Crippen LogP contribution in [0, 0.1) is 0 Å². The van der Waals surface area contributed by atoms with Gasteiger partial charge >= 0.3 is 0 Å². The largest absolute Gasteiger partial charge is 0.348 e. The lowest BCUT2D eigenvalue weighted by Gasteiger charge is -2.17. The third kappa shape index (κ3) is 5.89. The van der Waals surface area contributed by atoms with Gasteiger partial charge in [0.1, 0.15) is 0 Å². The highest BCUT2D eigenvalue weighted by atomic mass is 32.1. The van der Waals surface area contributed by atoms with Crippen LogP contribution < -0.4 is 10.2 Å². The molecule has 2 aromatic carbocycles. The van der Waals surface area contributed by atoms with Gasteiger partial charge in [0, 0.05) is 44.6 Å². The molecule has 7 nitrogen and oxygen atoms in total. The molecule has 0 aliphatic heterocycles. The molecule has 0 radical (unpaired) electrons. The topological polar surface area (TPSA) is 82.6 Å². The Morgan fingerprint density at radius 2 is 1.72 bits per heavy atom. The van der Waals surface area contributed by atoms with Gasteiger partial charge in [0.15, 0.2) is 5.13 Å². The van der Waals surface area contributed by atoms with Gasteiger partial charge in [0.05, 0.1) is 11.4 Å². The second-order valence-corrected chi connectivity index (χ2v) is 8.03. The van der Waals surface area contributed by atoms with Gasteiger partial charge in [-0.25, -0.2) is 4.98 Å². The van der Waals surface area contributed by atoms with Gasteiger partial charge in [-0.05, 0) is 35.9 Å². The first-order chi connectivity index (χ1) is 15.3. The summed E-state index contributed by atoms with van der Waals surface area (Å²) in [6.07, 6.45) is 3.01. The lowest BCUT2D eigenvalue weighted by molar-refractivity contribution is -0.117. The van der Waals surface area contributed by atoms with Gasteiger partial charge in [-0.3, -0.25) is 19.3 Å². The van der Waals surface area contributed by atoms with Crippen LogP contribution in [0.25, 0.3) is 6.08 Å². The standard InChI is InChI=1S/C24H24N4O3S/c1-17(29)28(21-7-5-4-6-8-21)24-26-20(16-32-24)13-14-22(30)25-15-18-9-11-19(12-10-18)23(31)27(2)3/h4-14,16H,15H2,1-3H3,(H,25,30)/b14-13+. The van der Waals surface area contributed by atoms with Crippen molar-refractivity contribution in [2.24, 2.45) is 0 Å². The van der Waals surface area contributed by atoms with E-state index in [0.29, 0.717) is 22.9 Å². The summed E-state index contributed by atoms with van der Waals surface area (Å²) >= 11 is 1.33. The molecule has 1 aromatic heterocycles. The fraction of sp³-hybridized carbons (Fsp3) is 0.167. The maximum atomic E-state index is 12.2. The van der Waals surface area contributed by atoms with E-state index >= 15 is 0 Å². The Morgan fingerprint density at radius 3 is 2.34 bits per heavy atom. The predicted octanol–water partition coefficient (Wildman–Crippen LogP) is 3.86. The Kier molecular flexibility index (Phi) is 7.51. The van der Waals surface area contributed by atoms with Gasteiger partial charge in [-0.1, -0.05) is 30.3 Å². The molecule has 32 heavy (non-hydrogen) atoms. The Bertz CT molecular complexity index is 1120. The minimum Gasteiger partial charge on any atom is -0.348 e. The van der Waals surface area contributed by atoms with Crippen LogP contribution >= 0.6 is 11.3 Å². The summed E-state index contributed by atoms with van der Waals surface area (Å²) in [7, 11) is 3.40. The summed E-state index contributed by atoms with van der Waals surface area (Å²) in [4.78, 5) is 43.7. The van der Waals surface area contributed by atoms with Gasteiger partial charge < -0.3 is 10.2 Å². The number of amides is 3. The molecule has 0 aliphatic carbocycles. The summed E-state index contributed by atoms with van der Waals surface area (Å²) in [5.74, 6) is -0.474. The molecular weight excluding hydrogens is 424 g/mol. The summed E-state index contributed by atoms with van der Waals surface area (Å²) in [6.45, 7) is 1.83. The molecule has 3 aromatic rings. The number of thiazole rings is 1. The summed E-state index contributed by atoms with van der Waals surface area (Å²) in [6, 6.07) is 16.4. The molecule has 0 unspecified atom stereocenters. The lowest BCUT2D eigenvalue weighted by Crippen LogP contribution is -2.22. The first kappa shape index (κ1) is 22.9. The number of benzene rings is 2.